The molecule has 168 valence electrons. The van der Waals surface area contributed by atoms with Crippen LogP contribution in [0.3, 0.4) is 0 Å². The molecule has 1 aliphatic carbocycles. The van der Waals surface area contributed by atoms with Crippen molar-refractivity contribution in [1.82, 2.24) is 9.78 Å². The number of benzene rings is 2. The first-order chi connectivity index (χ1) is 15.6. The number of nitrogens with zero attached hydrogens (tertiary/aromatic N) is 2. The van der Waals surface area contributed by atoms with Crippen LogP contribution in [0.2, 0.25) is 0 Å². The van der Waals surface area contributed by atoms with Crippen molar-refractivity contribution in [2.24, 2.45) is 0 Å². The van der Waals surface area contributed by atoms with E-state index in [-0.39, 0.29) is 45.5 Å². The van der Waals surface area contributed by atoms with Crippen molar-refractivity contribution < 1.29 is 29.3 Å². The number of ketones is 2. The second-order valence-corrected chi connectivity index (χ2v) is 8.48. The molecule has 0 saturated heterocycles. The first-order valence-electron chi connectivity index (χ1n) is 10.4. The number of phenols is 2. The van der Waals surface area contributed by atoms with Crippen molar-refractivity contribution in [1.29, 1.82) is 0 Å². The Morgan fingerprint density at radius 2 is 1.82 bits per heavy atom. The van der Waals surface area contributed by atoms with E-state index < -0.39 is 11.2 Å². The molecule has 0 saturated carbocycles. The number of Topliss-reactive ketones (excluding diaryl/α,β-unsaturated/α-hetero) is 2. The molecule has 1 aliphatic heterocycles. The number of carbonyl (C=O) groups is 2. The number of phenolic OH excluding ortho intramolecular Hbond substituents is 2. The zero-order valence-electron chi connectivity index (χ0n) is 18.8. The average Bonchev–Trinajstić information content (AvgIpc) is 3.27. The SMILES string of the molecule is COc1ccc(-n2nc(C)c3c2C=C2Oc4c(C(C)=O)c(O)c(C)c(O)c4[C@@]2(C)C3=O)cc1. The van der Waals surface area contributed by atoms with Gasteiger partial charge in [0.2, 0.25) is 0 Å². The van der Waals surface area contributed by atoms with E-state index in [0.29, 0.717) is 22.7 Å². The Balaban J connectivity index is 1.77. The van der Waals surface area contributed by atoms with E-state index in [2.05, 4.69) is 5.10 Å². The predicted molar refractivity (Wildman–Crippen MR) is 120 cm³/mol. The van der Waals surface area contributed by atoms with Gasteiger partial charge < -0.3 is 19.7 Å². The van der Waals surface area contributed by atoms with Crippen molar-refractivity contribution >= 4 is 17.6 Å². The van der Waals surface area contributed by atoms with E-state index in [9.17, 15) is 19.8 Å². The van der Waals surface area contributed by atoms with Crippen LogP contribution in [0.4, 0.5) is 0 Å². The summed E-state index contributed by atoms with van der Waals surface area (Å²) in [6, 6.07) is 7.25. The fraction of sp³-hybridized carbons (Fsp3) is 0.240. The standard InChI is InChI=1S/C25H22N2O6/c1-11-21(29)19(13(3)28)23-20(22(11)30)25(4)17(33-23)10-16-18(24(25)31)12(2)26-27(16)14-6-8-15(32-5)9-7-14/h6-10,29-30H,1-5H3/t25-/m0/s1. The fourth-order valence-electron chi connectivity index (χ4n) is 4.71. The number of rotatable bonds is 3. The van der Waals surface area contributed by atoms with Crippen LogP contribution in [0.15, 0.2) is 30.0 Å². The zero-order chi connectivity index (χ0) is 23.8. The van der Waals surface area contributed by atoms with Crippen LogP contribution in [0, 0.1) is 13.8 Å². The van der Waals surface area contributed by atoms with Crippen molar-refractivity contribution in [2.45, 2.75) is 33.1 Å². The Hall–Kier alpha value is -4.07. The number of carbonyl (C=O) groups excluding carboxylic acids is 2. The Bertz CT molecular complexity index is 1410. The number of allylic oxidation sites excluding steroid dienone is 1. The molecule has 0 bridgehead atoms. The monoisotopic (exact) mass is 446 g/mol. The minimum absolute atomic E-state index is 0.0111. The van der Waals surface area contributed by atoms with Gasteiger partial charge in [-0.25, -0.2) is 4.68 Å². The van der Waals surface area contributed by atoms with Gasteiger partial charge in [-0.05, 0) is 52.0 Å². The topological polar surface area (TPSA) is 111 Å². The number of aryl methyl sites for hydroxylation is 1. The number of fused-ring (bicyclic) bond motifs is 4. The smallest absolute Gasteiger partial charge is 0.185 e. The minimum atomic E-state index is -1.37. The molecule has 2 heterocycles. The average molecular weight is 446 g/mol. The van der Waals surface area contributed by atoms with E-state index >= 15 is 0 Å². The molecule has 2 aromatic carbocycles. The Morgan fingerprint density at radius 3 is 2.42 bits per heavy atom. The lowest BCUT2D eigenvalue weighted by atomic mass is 9.71. The van der Waals surface area contributed by atoms with Gasteiger partial charge in [0.1, 0.15) is 39.7 Å². The molecule has 3 aromatic rings. The van der Waals surface area contributed by atoms with Gasteiger partial charge >= 0.3 is 0 Å². The maximum Gasteiger partial charge on any atom is 0.185 e. The largest absolute Gasteiger partial charge is 0.507 e. The third-order valence-corrected chi connectivity index (χ3v) is 6.56. The highest BCUT2D eigenvalue weighted by Crippen LogP contribution is 2.58. The quantitative estimate of drug-likeness (QED) is 0.585. The van der Waals surface area contributed by atoms with Crippen LogP contribution in [0.1, 0.15) is 57.1 Å². The van der Waals surface area contributed by atoms with E-state index in [1.165, 1.54) is 13.8 Å². The van der Waals surface area contributed by atoms with Crippen molar-refractivity contribution in [3.05, 3.63) is 63.7 Å². The van der Waals surface area contributed by atoms with Gasteiger partial charge in [-0.15, -0.1) is 0 Å². The number of methoxy groups -OCH3 is 1. The normalized spacial score (nSPS) is 18.2. The number of hydrogen-bond donors (Lipinski definition) is 2. The highest BCUT2D eigenvalue weighted by Gasteiger charge is 2.55. The van der Waals surface area contributed by atoms with Crippen LogP contribution < -0.4 is 9.47 Å². The number of ether oxygens (including phenoxy) is 2. The first kappa shape index (κ1) is 20.8. The molecule has 8 heteroatoms. The van der Waals surface area contributed by atoms with E-state index in [4.69, 9.17) is 9.47 Å². The van der Waals surface area contributed by atoms with Crippen LogP contribution in [-0.2, 0) is 5.41 Å². The van der Waals surface area contributed by atoms with E-state index in [0.717, 1.165) is 5.69 Å². The maximum atomic E-state index is 13.9. The molecule has 1 aromatic heterocycles. The highest BCUT2D eigenvalue weighted by atomic mass is 16.5. The summed E-state index contributed by atoms with van der Waals surface area (Å²) in [5, 5.41) is 26.0. The molecular formula is C25H22N2O6. The molecule has 8 nitrogen and oxygen atoms in total. The third kappa shape index (κ3) is 2.54. The van der Waals surface area contributed by atoms with Gasteiger partial charge in [0.25, 0.3) is 0 Å². The second kappa shape index (κ2) is 6.71. The maximum absolute atomic E-state index is 13.9. The van der Waals surface area contributed by atoms with Gasteiger partial charge in [0, 0.05) is 11.6 Å². The molecule has 5 rings (SSSR count). The fourth-order valence-corrected chi connectivity index (χ4v) is 4.71. The number of hydrogen-bond acceptors (Lipinski definition) is 7. The van der Waals surface area contributed by atoms with Crippen molar-refractivity contribution in [2.75, 3.05) is 7.11 Å². The van der Waals surface area contributed by atoms with Gasteiger partial charge in [0.05, 0.1) is 35.3 Å². The summed E-state index contributed by atoms with van der Waals surface area (Å²) in [5.74, 6) is -0.399. The highest BCUT2D eigenvalue weighted by molar-refractivity contribution is 6.14. The van der Waals surface area contributed by atoms with Gasteiger partial charge in [-0.2, -0.15) is 5.10 Å². The number of aromatic nitrogens is 2. The third-order valence-electron chi connectivity index (χ3n) is 6.56. The van der Waals surface area contributed by atoms with Crippen molar-refractivity contribution in [3.63, 3.8) is 0 Å². The summed E-state index contributed by atoms with van der Waals surface area (Å²) < 4.78 is 12.9. The van der Waals surface area contributed by atoms with E-state index in [1.807, 2.05) is 12.1 Å². The minimum Gasteiger partial charge on any atom is -0.507 e. The summed E-state index contributed by atoms with van der Waals surface area (Å²) in [6.45, 7) is 6.20. The Kier molecular flexibility index (Phi) is 4.23. The van der Waals surface area contributed by atoms with Gasteiger partial charge in [-0.1, -0.05) is 0 Å². The van der Waals surface area contributed by atoms with Gasteiger partial charge in [0.15, 0.2) is 11.6 Å². The van der Waals surface area contributed by atoms with Crippen molar-refractivity contribution in [3.8, 4) is 28.7 Å². The summed E-state index contributed by atoms with van der Waals surface area (Å²) in [6.07, 6.45) is 1.71. The molecule has 0 unspecified atom stereocenters. The predicted octanol–water partition coefficient (Wildman–Crippen LogP) is 4.00. The first-order valence-corrected chi connectivity index (χ1v) is 10.4. The second-order valence-electron chi connectivity index (χ2n) is 8.48. The number of aromatic hydroxyl groups is 2. The Morgan fingerprint density at radius 1 is 1.15 bits per heavy atom. The van der Waals surface area contributed by atoms with E-state index in [1.54, 1.807) is 43.8 Å². The van der Waals surface area contributed by atoms with Crippen LogP contribution in [0.5, 0.6) is 23.0 Å². The molecule has 2 N–H and O–H groups in total. The zero-order valence-corrected chi connectivity index (χ0v) is 18.8. The molecule has 0 spiro atoms. The van der Waals surface area contributed by atoms with Crippen LogP contribution >= 0.6 is 0 Å². The molecule has 0 radical (unpaired) electrons. The molecule has 0 amide bonds. The molecule has 0 fully saturated rings. The molecule has 33 heavy (non-hydrogen) atoms. The van der Waals surface area contributed by atoms with Gasteiger partial charge in [-0.3, -0.25) is 9.59 Å². The summed E-state index contributed by atoms with van der Waals surface area (Å²) in [5.41, 5.74) is 1.07. The molecule has 1 atom stereocenters. The molecular weight excluding hydrogens is 424 g/mol. The lowest BCUT2D eigenvalue weighted by Gasteiger charge is -2.27. The lowest BCUT2D eigenvalue weighted by molar-refractivity contribution is 0.0905. The van der Waals surface area contributed by atoms with Crippen LogP contribution in [-0.4, -0.2) is 38.7 Å². The van der Waals surface area contributed by atoms with Crippen LogP contribution in [0.25, 0.3) is 11.8 Å². The summed E-state index contributed by atoms with van der Waals surface area (Å²) in [7, 11) is 1.58. The molecule has 2 aliphatic rings. The summed E-state index contributed by atoms with van der Waals surface area (Å²) in [4.78, 5) is 26.3. The summed E-state index contributed by atoms with van der Waals surface area (Å²) >= 11 is 0. The lowest BCUT2D eigenvalue weighted by Crippen LogP contribution is -2.36. The Labute approximate surface area is 189 Å².